The first-order chi connectivity index (χ1) is 13.1. The van der Waals surface area contributed by atoms with E-state index in [9.17, 15) is 19.2 Å². The molecule has 152 valence electrons. The maximum atomic E-state index is 12.7. The van der Waals surface area contributed by atoms with E-state index in [4.69, 9.17) is 9.47 Å². The highest BCUT2D eigenvalue weighted by molar-refractivity contribution is 6.06. The van der Waals surface area contributed by atoms with Gasteiger partial charge in [-0.3, -0.25) is 9.69 Å². The molecule has 0 bridgehead atoms. The molecular formula is C20H26N2O6. The zero-order chi connectivity index (χ0) is 20.9. The standard InChI is InChI=1S/C20H26N2O6/c1-5-9-16(23)21-12-15(17(24)28-20(2,3)4)22(18(21)25)19(26)27-13-14-10-7-6-8-11-14/h6-8,10-11,15H,5,9,12-13H2,1-4H3/t15-/m0/s1. The van der Waals surface area contributed by atoms with Gasteiger partial charge in [0.2, 0.25) is 5.91 Å². The molecule has 1 aliphatic heterocycles. The van der Waals surface area contributed by atoms with Crippen molar-refractivity contribution in [1.29, 1.82) is 0 Å². The molecule has 0 spiro atoms. The second kappa shape index (κ2) is 8.86. The van der Waals surface area contributed by atoms with E-state index < -0.39 is 35.6 Å². The minimum atomic E-state index is -1.24. The molecule has 1 fully saturated rings. The number of benzene rings is 1. The van der Waals surface area contributed by atoms with Crippen LogP contribution in [0.5, 0.6) is 0 Å². The number of amides is 4. The summed E-state index contributed by atoms with van der Waals surface area (Å²) in [6.07, 6.45) is -0.311. The molecule has 1 atom stereocenters. The number of ether oxygens (including phenoxy) is 2. The highest BCUT2D eigenvalue weighted by atomic mass is 16.6. The monoisotopic (exact) mass is 390 g/mol. The Bertz CT molecular complexity index is 741. The van der Waals surface area contributed by atoms with Crippen molar-refractivity contribution in [3.63, 3.8) is 0 Å². The quantitative estimate of drug-likeness (QED) is 0.717. The van der Waals surface area contributed by atoms with Crippen molar-refractivity contribution in [3.05, 3.63) is 35.9 Å². The summed E-state index contributed by atoms with van der Waals surface area (Å²) in [6, 6.07) is 6.83. The number of rotatable bonds is 5. The lowest BCUT2D eigenvalue weighted by molar-refractivity contribution is -0.159. The first-order valence-electron chi connectivity index (χ1n) is 9.21. The third-order valence-electron chi connectivity index (χ3n) is 3.95. The number of nitrogens with zero attached hydrogens (tertiary/aromatic N) is 2. The molecule has 0 unspecified atom stereocenters. The van der Waals surface area contributed by atoms with Gasteiger partial charge in [-0.1, -0.05) is 37.3 Å². The molecule has 1 saturated heterocycles. The van der Waals surface area contributed by atoms with Crippen LogP contribution in [0, 0.1) is 0 Å². The van der Waals surface area contributed by atoms with Crippen LogP contribution in [0.1, 0.15) is 46.1 Å². The van der Waals surface area contributed by atoms with Gasteiger partial charge in [0.05, 0.1) is 6.54 Å². The van der Waals surface area contributed by atoms with Crippen LogP contribution in [0.4, 0.5) is 9.59 Å². The molecule has 1 heterocycles. The third kappa shape index (κ3) is 5.31. The minimum Gasteiger partial charge on any atom is -0.458 e. The molecule has 4 amide bonds. The summed E-state index contributed by atoms with van der Waals surface area (Å²) in [4.78, 5) is 51.6. The lowest BCUT2D eigenvalue weighted by Crippen LogP contribution is -2.46. The lowest BCUT2D eigenvalue weighted by Gasteiger charge is -2.24. The molecule has 0 N–H and O–H groups in total. The fourth-order valence-corrected chi connectivity index (χ4v) is 2.70. The molecule has 8 heteroatoms. The molecule has 1 aromatic rings. The molecule has 2 rings (SSSR count). The molecule has 0 aliphatic carbocycles. The number of esters is 1. The largest absolute Gasteiger partial charge is 0.458 e. The van der Waals surface area contributed by atoms with Crippen LogP contribution in [0.3, 0.4) is 0 Å². The Hall–Kier alpha value is -2.90. The van der Waals surface area contributed by atoms with Gasteiger partial charge in [-0.05, 0) is 32.8 Å². The van der Waals surface area contributed by atoms with Gasteiger partial charge in [-0.15, -0.1) is 0 Å². The van der Waals surface area contributed by atoms with Gasteiger partial charge < -0.3 is 9.47 Å². The predicted octanol–water partition coefficient (Wildman–Crippen LogP) is 3.10. The van der Waals surface area contributed by atoms with Crippen molar-refractivity contribution in [2.24, 2.45) is 0 Å². The van der Waals surface area contributed by atoms with Crippen molar-refractivity contribution >= 4 is 24.0 Å². The fraction of sp³-hybridized carbons (Fsp3) is 0.500. The number of carbonyl (C=O) groups excluding carboxylic acids is 4. The van der Waals surface area contributed by atoms with Gasteiger partial charge in [-0.25, -0.2) is 19.3 Å². The van der Waals surface area contributed by atoms with E-state index in [0.29, 0.717) is 11.3 Å². The van der Waals surface area contributed by atoms with Crippen LogP contribution in [0.2, 0.25) is 0 Å². The van der Waals surface area contributed by atoms with Crippen LogP contribution in [0.15, 0.2) is 30.3 Å². The number of imide groups is 2. The van der Waals surface area contributed by atoms with Crippen molar-refractivity contribution < 1.29 is 28.7 Å². The van der Waals surface area contributed by atoms with E-state index in [2.05, 4.69) is 0 Å². The fourth-order valence-electron chi connectivity index (χ4n) is 2.70. The highest BCUT2D eigenvalue weighted by Gasteiger charge is 2.49. The third-order valence-corrected chi connectivity index (χ3v) is 3.95. The normalized spacial score (nSPS) is 16.9. The average Bonchev–Trinajstić information content (AvgIpc) is 2.97. The van der Waals surface area contributed by atoms with E-state index in [0.717, 1.165) is 10.5 Å². The lowest BCUT2D eigenvalue weighted by atomic mass is 10.2. The number of hydrogen-bond acceptors (Lipinski definition) is 6. The van der Waals surface area contributed by atoms with Gasteiger partial charge >= 0.3 is 18.1 Å². The summed E-state index contributed by atoms with van der Waals surface area (Å²) in [5.74, 6) is -1.20. The van der Waals surface area contributed by atoms with Gasteiger partial charge in [0.25, 0.3) is 0 Å². The van der Waals surface area contributed by atoms with Crippen molar-refractivity contribution in [1.82, 2.24) is 9.80 Å². The second-order valence-electron chi connectivity index (χ2n) is 7.50. The Kier molecular flexibility index (Phi) is 6.77. The van der Waals surface area contributed by atoms with Crippen LogP contribution >= 0.6 is 0 Å². The molecular weight excluding hydrogens is 364 g/mol. The zero-order valence-corrected chi connectivity index (χ0v) is 16.6. The van der Waals surface area contributed by atoms with E-state index in [-0.39, 0.29) is 19.6 Å². The summed E-state index contributed by atoms with van der Waals surface area (Å²) in [5, 5.41) is 0. The maximum Gasteiger partial charge on any atom is 0.419 e. The predicted molar refractivity (Wildman–Crippen MR) is 100 cm³/mol. The van der Waals surface area contributed by atoms with E-state index in [1.807, 2.05) is 6.07 Å². The average molecular weight is 390 g/mol. The van der Waals surface area contributed by atoms with Gasteiger partial charge in [0.1, 0.15) is 12.2 Å². The molecule has 1 aliphatic rings. The van der Waals surface area contributed by atoms with Gasteiger partial charge in [0.15, 0.2) is 6.04 Å². The van der Waals surface area contributed by atoms with Crippen LogP contribution in [-0.2, 0) is 25.7 Å². The molecule has 0 radical (unpaired) electrons. The molecule has 0 saturated carbocycles. The number of hydrogen-bond donors (Lipinski definition) is 0. The van der Waals surface area contributed by atoms with E-state index in [1.54, 1.807) is 52.0 Å². The van der Waals surface area contributed by atoms with Crippen molar-refractivity contribution in [3.8, 4) is 0 Å². The molecule has 8 nitrogen and oxygen atoms in total. The van der Waals surface area contributed by atoms with E-state index in [1.165, 1.54) is 0 Å². The summed E-state index contributed by atoms with van der Waals surface area (Å²) in [7, 11) is 0. The van der Waals surface area contributed by atoms with Gasteiger partial charge in [0, 0.05) is 6.42 Å². The Morgan fingerprint density at radius 1 is 1.14 bits per heavy atom. The zero-order valence-electron chi connectivity index (χ0n) is 16.6. The van der Waals surface area contributed by atoms with Crippen molar-refractivity contribution in [2.75, 3.05) is 6.54 Å². The Morgan fingerprint density at radius 3 is 2.36 bits per heavy atom. The van der Waals surface area contributed by atoms with E-state index >= 15 is 0 Å². The van der Waals surface area contributed by atoms with Crippen LogP contribution < -0.4 is 0 Å². The topological polar surface area (TPSA) is 93.2 Å². The number of urea groups is 1. The van der Waals surface area contributed by atoms with Crippen LogP contribution in [-0.4, -0.2) is 52.0 Å². The SMILES string of the molecule is CCCC(=O)N1C[C@@H](C(=O)OC(C)(C)C)N(C(=O)OCc2ccccc2)C1=O. The van der Waals surface area contributed by atoms with Crippen molar-refractivity contribution in [2.45, 2.75) is 58.8 Å². The first-order valence-corrected chi connectivity index (χ1v) is 9.21. The molecule has 1 aromatic carbocycles. The summed E-state index contributed by atoms with van der Waals surface area (Å²) in [6.45, 7) is 6.54. The van der Waals surface area contributed by atoms with Crippen LogP contribution in [0.25, 0.3) is 0 Å². The minimum absolute atomic E-state index is 0.0621. The Balaban J connectivity index is 2.19. The summed E-state index contributed by atoms with van der Waals surface area (Å²) in [5.41, 5.74) is -0.0733. The second-order valence-corrected chi connectivity index (χ2v) is 7.50. The Labute approximate surface area is 164 Å². The molecule has 0 aromatic heterocycles. The van der Waals surface area contributed by atoms with Gasteiger partial charge in [-0.2, -0.15) is 0 Å². The first kappa shape index (κ1) is 21.4. The highest BCUT2D eigenvalue weighted by Crippen LogP contribution is 2.22. The summed E-state index contributed by atoms with van der Waals surface area (Å²) < 4.78 is 10.5. The smallest absolute Gasteiger partial charge is 0.419 e. The summed E-state index contributed by atoms with van der Waals surface area (Å²) >= 11 is 0. The maximum absolute atomic E-state index is 12.7. The molecule has 28 heavy (non-hydrogen) atoms. The number of carbonyl (C=O) groups is 4. The Morgan fingerprint density at radius 2 is 1.79 bits per heavy atom.